The van der Waals surface area contributed by atoms with Gasteiger partial charge in [0, 0.05) is 0 Å². The highest BCUT2D eigenvalue weighted by Gasteiger charge is 2.32. The van der Waals surface area contributed by atoms with Crippen molar-refractivity contribution in [3.63, 3.8) is 0 Å². The monoisotopic (exact) mass is 329 g/mol. The third-order valence-electron chi connectivity index (χ3n) is 4.02. The Morgan fingerprint density at radius 3 is 2.30 bits per heavy atom. The zero-order valence-electron chi connectivity index (χ0n) is 14.8. The molecule has 0 aromatic heterocycles. The summed E-state index contributed by atoms with van der Waals surface area (Å²) in [6.45, 7) is 7.71. The molecule has 1 rings (SSSR count). The fourth-order valence-electron chi connectivity index (χ4n) is 2.85. The second kappa shape index (κ2) is 9.11. The molecule has 1 aliphatic carbocycles. The van der Waals surface area contributed by atoms with Gasteiger partial charge in [0.1, 0.15) is 5.60 Å². The van der Waals surface area contributed by atoms with Crippen molar-refractivity contribution >= 4 is 12.1 Å². The van der Waals surface area contributed by atoms with E-state index in [9.17, 15) is 14.7 Å². The van der Waals surface area contributed by atoms with Gasteiger partial charge >= 0.3 is 12.1 Å². The molecule has 134 valence electrons. The fourth-order valence-corrected chi connectivity index (χ4v) is 2.85. The summed E-state index contributed by atoms with van der Waals surface area (Å²) in [7, 11) is 0. The fraction of sp³-hybridized carbons (Fsp3) is 0.882. The van der Waals surface area contributed by atoms with E-state index < -0.39 is 11.7 Å². The number of rotatable bonds is 6. The number of carbonyl (C=O) groups is 2. The average Bonchev–Trinajstić information content (AvgIpc) is 2.48. The molecular weight excluding hydrogens is 298 g/mol. The minimum atomic E-state index is -0.565. The van der Waals surface area contributed by atoms with Gasteiger partial charge in [-0.15, -0.1) is 0 Å². The molecule has 0 unspecified atom stereocenters. The molecule has 1 fully saturated rings. The smallest absolute Gasteiger partial charge is 0.407 e. The Bertz CT molecular complexity index is 383. The number of nitrogens with one attached hydrogen (secondary N) is 1. The summed E-state index contributed by atoms with van der Waals surface area (Å²) in [6, 6.07) is -0.336. The number of alkyl carbamates (subject to hydrolysis) is 1. The topological polar surface area (TPSA) is 84.9 Å². The van der Waals surface area contributed by atoms with Gasteiger partial charge in [0.25, 0.3) is 0 Å². The van der Waals surface area contributed by atoms with Crippen LogP contribution in [-0.4, -0.2) is 42.0 Å². The van der Waals surface area contributed by atoms with Crippen LogP contribution in [-0.2, 0) is 14.3 Å². The summed E-state index contributed by atoms with van der Waals surface area (Å²) >= 11 is 0. The molecule has 0 aromatic rings. The molecule has 1 saturated carbocycles. The zero-order valence-corrected chi connectivity index (χ0v) is 14.8. The number of aliphatic hydroxyl groups is 1. The Balaban J connectivity index is 2.44. The van der Waals surface area contributed by atoms with Crippen molar-refractivity contribution in [1.82, 2.24) is 5.32 Å². The standard InChI is InChI=1S/C17H31NO5/c1-5-10-22-15(20)13-8-6-12(7-9-13)14(11-19)18-16(21)23-17(2,3)4/h12-14,19H,5-11H2,1-4H3,(H,18,21)/t12?,13?,14-/m1/s1. The van der Waals surface area contributed by atoms with Gasteiger partial charge in [-0.2, -0.15) is 0 Å². The quantitative estimate of drug-likeness (QED) is 0.732. The normalized spacial score (nSPS) is 23.0. The summed E-state index contributed by atoms with van der Waals surface area (Å²) in [5, 5.41) is 12.3. The van der Waals surface area contributed by atoms with Gasteiger partial charge in [0.05, 0.1) is 25.2 Å². The van der Waals surface area contributed by atoms with E-state index in [1.54, 1.807) is 20.8 Å². The minimum absolute atomic E-state index is 0.0568. The van der Waals surface area contributed by atoms with Gasteiger partial charge in [-0.1, -0.05) is 6.92 Å². The molecule has 0 aromatic carbocycles. The first-order valence-electron chi connectivity index (χ1n) is 8.53. The van der Waals surface area contributed by atoms with E-state index in [0.717, 1.165) is 32.1 Å². The highest BCUT2D eigenvalue weighted by molar-refractivity contribution is 5.72. The highest BCUT2D eigenvalue weighted by Crippen LogP contribution is 2.31. The molecule has 0 heterocycles. The number of carbonyl (C=O) groups excluding carboxylic acids is 2. The van der Waals surface area contributed by atoms with Crippen molar-refractivity contribution in [1.29, 1.82) is 0 Å². The molecule has 1 amide bonds. The van der Waals surface area contributed by atoms with Crippen molar-refractivity contribution in [3.05, 3.63) is 0 Å². The van der Waals surface area contributed by atoms with E-state index in [4.69, 9.17) is 9.47 Å². The number of amides is 1. The first-order chi connectivity index (χ1) is 10.8. The van der Waals surface area contributed by atoms with Crippen molar-refractivity contribution < 1.29 is 24.2 Å². The lowest BCUT2D eigenvalue weighted by Crippen LogP contribution is -2.46. The van der Waals surface area contributed by atoms with Gasteiger partial charge in [-0.05, 0) is 58.8 Å². The maximum absolute atomic E-state index is 11.9. The van der Waals surface area contributed by atoms with E-state index in [-0.39, 0.29) is 30.5 Å². The Kier molecular flexibility index (Phi) is 7.82. The van der Waals surface area contributed by atoms with E-state index in [0.29, 0.717) is 6.61 Å². The van der Waals surface area contributed by atoms with Crippen LogP contribution >= 0.6 is 0 Å². The van der Waals surface area contributed by atoms with Crippen LogP contribution in [0.25, 0.3) is 0 Å². The lowest BCUT2D eigenvalue weighted by Gasteiger charge is -2.33. The predicted octanol–water partition coefficient (Wildman–Crippen LogP) is 2.63. The van der Waals surface area contributed by atoms with Crippen LogP contribution < -0.4 is 5.32 Å². The van der Waals surface area contributed by atoms with Crippen LogP contribution in [0.2, 0.25) is 0 Å². The lowest BCUT2D eigenvalue weighted by molar-refractivity contribution is -0.150. The second-order valence-corrected chi connectivity index (χ2v) is 7.21. The SMILES string of the molecule is CCCOC(=O)C1CCC([C@@H](CO)NC(=O)OC(C)(C)C)CC1. The maximum atomic E-state index is 11.9. The van der Waals surface area contributed by atoms with Crippen LogP contribution in [0.3, 0.4) is 0 Å². The van der Waals surface area contributed by atoms with Gasteiger partial charge in [-0.25, -0.2) is 4.79 Å². The molecule has 1 aliphatic rings. The third-order valence-corrected chi connectivity index (χ3v) is 4.02. The Hall–Kier alpha value is -1.30. The van der Waals surface area contributed by atoms with Crippen LogP contribution in [0.5, 0.6) is 0 Å². The summed E-state index contributed by atoms with van der Waals surface area (Å²) in [4.78, 5) is 23.7. The number of ether oxygens (including phenoxy) is 2. The van der Waals surface area contributed by atoms with E-state index in [1.807, 2.05) is 6.92 Å². The Labute approximate surface area is 138 Å². The average molecular weight is 329 g/mol. The summed E-state index contributed by atoms with van der Waals surface area (Å²) in [5.74, 6) is -0.0210. The lowest BCUT2D eigenvalue weighted by atomic mass is 9.78. The molecule has 6 nitrogen and oxygen atoms in total. The van der Waals surface area contributed by atoms with E-state index in [2.05, 4.69) is 5.32 Å². The molecule has 0 spiro atoms. The number of esters is 1. The summed E-state index contributed by atoms with van der Waals surface area (Å²) in [6.07, 6.45) is 3.35. The molecule has 0 bridgehead atoms. The van der Waals surface area contributed by atoms with Gasteiger partial charge in [0.15, 0.2) is 0 Å². The molecule has 0 aliphatic heterocycles. The largest absolute Gasteiger partial charge is 0.465 e. The molecule has 0 saturated heterocycles. The molecule has 23 heavy (non-hydrogen) atoms. The van der Waals surface area contributed by atoms with Gasteiger partial charge < -0.3 is 19.9 Å². The van der Waals surface area contributed by atoms with Crippen LogP contribution in [0.4, 0.5) is 4.79 Å². The number of aliphatic hydroxyl groups excluding tert-OH is 1. The van der Waals surface area contributed by atoms with Crippen molar-refractivity contribution in [2.75, 3.05) is 13.2 Å². The minimum Gasteiger partial charge on any atom is -0.465 e. The molecule has 0 radical (unpaired) electrons. The first kappa shape index (κ1) is 19.7. The van der Waals surface area contributed by atoms with E-state index >= 15 is 0 Å². The molecule has 2 N–H and O–H groups in total. The van der Waals surface area contributed by atoms with Crippen LogP contribution in [0.15, 0.2) is 0 Å². The van der Waals surface area contributed by atoms with E-state index in [1.165, 1.54) is 0 Å². The predicted molar refractivity (Wildman–Crippen MR) is 86.9 cm³/mol. The zero-order chi connectivity index (χ0) is 17.5. The second-order valence-electron chi connectivity index (χ2n) is 7.21. The molecule has 6 heteroatoms. The highest BCUT2D eigenvalue weighted by atomic mass is 16.6. The number of hydrogen-bond acceptors (Lipinski definition) is 5. The molecular formula is C17H31NO5. The molecule has 1 atom stereocenters. The summed E-state index contributed by atoms with van der Waals surface area (Å²) in [5.41, 5.74) is -0.565. The van der Waals surface area contributed by atoms with Crippen molar-refractivity contribution in [2.45, 2.75) is 71.4 Å². The maximum Gasteiger partial charge on any atom is 0.407 e. The van der Waals surface area contributed by atoms with Crippen molar-refractivity contribution in [3.8, 4) is 0 Å². The van der Waals surface area contributed by atoms with Crippen molar-refractivity contribution in [2.24, 2.45) is 11.8 Å². The van der Waals surface area contributed by atoms with Gasteiger partial charge in [-0.3, -0.25) is 4.79 Å². The third kappa shape index (κ3) is 7.20. The van der Waals surface area contributed by atoms with Crippen LogP contribution in [0, 0.1) is 11.8 Å². The first-order valence-corrected chi connectivity index (χ1v) is 8.53. The Morgan fingerprint density at radius 1 is 1.22 bits per heavy atom. The summed E-state index contributed by atoms with van der Waals surface area (Å²) < 4.78 is 10.4. The van der Waals surface area contributed by atoms with Crippen LogP contribution in [0.1, 0.15) is 59.8 Å². The number of hydrogen-bond donors (Lipinski definition) is 2. The Morgan fingerprint density at radius 2 is 1.83 bits per heavy atom. The van der Waals surface area contributed by atoms with Gasteiger partial charge in [0.2, 0.25) is 0 Å².